The molecule has 0 aliphatic rings. The quantitative estimate of drug-likeness (QED) is 0.550. The van der Waals surface area contributed by atoms with Crippen molar-refractivity contribution in [3.05, 3.63) is 34.8 Å². The third kappa shape index (κ3) is 6.73. The molecule has 0 radical (unpaired) electrons. The third-order valence-corrected chi connectivity index (χ3v) is 4.56. The molecule has 30 heavy (non-hydrogen) atoms. The van der Waals surface area contributed by atoms with Crippen LogP contribution in [0, 0.1) is 5.92 Å². The predicted octanol–water partition coefficient (Wildman–Crippen LogP) is 2.54. The summed E-state index contributed by atoms with van der Waals surface area (Å²) in [6, 6.07) is 4.74. The van der Waals surface area contributed by atoms with E-state index in [1.807, 2.05) is 13.8 Å². The maximum absolute atomic E-state index is 12.3. The Balaban J connectivity index is 1.89. The summed E-state index contributed by atoms with van der Waals surface area (Å²) in [5.41, 5.74) is 5.49. The monoisotopic (exact) mass is 434 g/mol. The van der Waals surface area contributed by atoms with Crippen LogP contribution in [-0.2, 0) is 16.0 Å². The van der Waals surface area contributed by atoms with E-state index in [0.717, 1.165) is 0 Å². The molecule has 0 unspecified atom stereocenters. The molecule has 0 fully saturated rings. The number of amides is 3. The zero-order valence-corrected chi connectivity index (χ0v) is 18.4. The summed E-state index contributed by atoms with van der Waals surface area (Å²) >= 11 is 1.23. The molecule has 0 aliphatic carbocycles. The highest BCUT2D eigenvalue weighted by Crippen LogP contribution is 2.28. The van der Waals surface area contributed by atoms with Crippen molar-refractivity contribution in [3.63, 3.8) is 0 Å². The van der Waals surface area contributed by atoms with Crippen LogP contribution in [0.4, 0.5) is 5.13 Å². The summed E-state index contributed by atoms with van der Waals surface area (Å²) in [4.78, 5) is 40.3. The first-order valence-electron chi connectivity index (χ1n) is 9.38. The largest absolute Gasteiger partial charge is 0.493 e. The summed E-state index contributed by atoms with van der Waals surface area (Å²) in [6.45, 7) is 7.33. The van der Waals surface area contributed by atoms with Crippen LogP contribution in [0.25, 0.3) is 0 Å². The van der Waals surface area contributed by atoms with Crippen LogP contribution in [0.2, 0.25) is 0 Å². The minimum atomic E-state index is -0.499. The molecular formula is C20H26N4O5S. The Morgan fingerprint density at radius 1 is 1.10 bits per heavy atom. The number of benzene rings is 1. The number of carbonyl (C=O) groups excluding carboxylic acids is 3. The SMILES string of the molecule is COc1cc(C(=O)NNC(=O)Cc2csc(NC(=O)C(C)C)n2)ccc1OC(C)C. The van der Waals surface area contributed by atoms with Gasteiger partial charge in [0.2, 0.25) is 11.8 Å². The fraction of sp³-hybridized carbons (Fsp3) is 0.400. The second-order valence-corrected chi connectivity index (χ2v) is 7.86. The van der Waals surface area contributed by atoms with Crippen molar-refractivity contribution < 1.29 is 23.9 Å². The van der Waals surface area contributed by atoms with Crippen LogP contribution in [0.15, 0.2) is 23.6 Å². The van der Waals surface area contributed by atoms with Gasteiger partial charge in [0.1, 0.15) is 0 Å². The van der Waals surface area contributed by atoms with E-state index in [9.17, 15) is 14.4 Å². The summed E-state index contributed by atoms with van der Waals surface area (Å²) in [5, 5.41) is 4.78. The van der Waals surface area contributed by atoms with Crippen LogP contribution in [-0.4, -0.2) is 35.9 Å². The number of methoxy groups -OCH3 is 1. The van der Waals surface area contributed by atoms with Gasteiger partial charge >= 0.3 is 0 Å². The Bertz CT molecular complexity index is 910. The average Bonchev–Trinajstić information content (AvgIpc) is 3.12. The van der Waals surface area contributed by atoms with E-state index < -0.39 is 11.8 Å². The standard InChI is InChI=1S/C20H26N4O5S/c1-11(2)18(26)22-20-21-14(10-30-20)9-17(25)23-24-19(27)13-6-7-15(29-12(3)4)16(8-13)28-5/h6-8,10-12H,9H2,1-5H3,(H,23,25)(H,24,27)(H,21,22,26). The van der Waals surface area contributed by atoms with Crippen molar-refractivity contribution >= 4 is 34.2 Å². The molecule has 0 bridgehead atoms. The lowest BCUT2D eigenvalue weighted by Gasteiger charge is -2.14. The van der Waals surface area contributed by atoms with Crippen LogP contribution in [0.1, 0.15) is 43.7 Å². The van der Waals surface area contributed by atoms with Crippen LogP contribution < -0.4 is 25.6 Å². The molecule has 10 heteroatoms. The number of nitrogens with zero attached hydrogens (tertiary/aromatic N) is 1. The first-order valence-corrected chi connectivity index (χ1v) is 10.3. The Hall–Kier alpha value is -3.14. The van der Waals surface area contributed by atoms with Gasteiger partial charge in [0.25, 0.3) is 5.91 Å². The number of carbonyl (C=O) groups is 3. The molecule has 1 heterocycles. The van der Waals surface area contributed by atoms with Gasteiger partial charge in [0.05, 0.1) is 25.3 Å². The normalized spacial score (nSPS) is 10.6. The van der Waals surface area contributed by atoms with Crippen LogP contribution >= 0.6 is 11.3 Å². The van der Waals surface area contributed by atoms with Gasteiger partial charge in [-0.1, -0.05) is 13.8 Å². The number of hydrogen-bond donors (Lipinski definition) is 3. The van der Waals surface area contributed by atoms with E-state index in [2.05, 4.69) is 21.2 Å². The van der Waals surface area contributed by atoms with E-state index in [-0.39, 0.29) is 24.3 Å². The Kier molecular flexibility index (Phi) is 8.16. The molecule has 9 nitrogen and oxygen atoms in total. The van der Waals surface area contributed by atoms with Gasteiger partial charge in [-0.25, -0.2) is 4.98 Å². The summed E-state index contributed by atoms with van der Waals surface area (Å²) in [7, 11) is 1.48. The molecule has 162 valence electrons. The van der Waals surface area contributed by atoms with Crippen molar-refractivity contribution in [3.8, 4) is 11.5 Å². The lowest BCUT2D eigenvalue weighted by molar-refractivity contribution is -0.121. The molecule has 1 aromatic carbocycles. The molecular weight excluding hydrogens is 408 g/mol. The van der Waals surface area contributed by atoms with Crippen molar-refractivity contribution in [2.24, 2.45) is 5.92 Å². The number of anilines is 1. The smallest absolute Gasteiger partial charge is 0.269 e. The highest BCUT2D eigenvalue weighted by Gasteiger charge is 2.15. The number of rotatable bonds is 8. The number of aromatic nitrogens is 1. The fourth-order valence-corrected chi connectivity index (χ4v) is 2.98. The lowest BCUT2D eigenvalue weighted by atomic mass is 10.2. The second-order valence-electron chi connectivity index (χ2n) is 7.00. The maximum atomic E-state index is 12.3. The molecule has 0 saturated heterocycles. The molecule has 0 saturated carbocycles. The third-order valence-electron chi connectivity index (χ3n) is 3.75. The Morgan fingerprint density at radius 3 is 2.47 bits per heavy atom. The van der Waals surface area contributed by atoms with Gasteiger partial charge in [-0.3, -0.25) is 25.2 Å². The molecule has 2 aromatic rings. The zero-order valence-electron chi connectivity index (χ0n) is 17.6. The maximum Gasteiger partial charge on any atom is 0.269 e. The minimum absolute atomic E-state index is 0.0391. The number of ether oxygens (including phenoxy) is 2. The first kappa shape index (κ1) is 23.1. The molecule has 0 aliphatic heterocycles. The lowest BCUT2D eigenvalue weighted by Crippen LogP contribution is -2.42. The van der Waals surface area contributed by atoms with Crippen molar-refractivity contribution in [2.45, 2.75) is 40.2 Å². The van der Waals surface area contributed by atoms with E-state index in [1.165, 1.54) is 24.5 Å². The summed E-state index contributed by atoms with van der Waals surface area (Å²) in [6.07, 6.45) is -0.0819. The van der Waals surface area contributed by atoms with E-state index in [1.54, 1.807) is 31.4 Å². The minimum Gasteiger partial charge on any atom is -0.493 e. The highest BCUT2D eigenvalue weighted by atomic mass is 32.1. The summed E-state index contributed by atoms with van der Waals surface area (Å²) in [5.74, 6) is -0.311. The number of thiazole rings is 1. The second kappa shape index (κ2) is 10.6. The first-order chi connectivity index (χ1) is 14.2. The molecule has 2 rings (SSSR count). The zero-order chi connectivity index (χ0) is 22.3. The molecule has 1 aromatic heterocycles. The topological polar surface area (TPSA) is 119 Å². The van der Waals surface area contributed by atoms with Gasteiger partial charge in [-0.15, -0.1) is 11.3 Å². The Labute approximate surface area is 179 Å². The number of hydrogen-bond acceptors (Lipinski definition) is 7. The van der Waals surface area contributed by atoms with Crippen LogP contribution in [0.3, 0.4) is 0 Å². The summed E-state index contributed by atoms with van der Waals surface area (Å²) < 4.78 is 10.9. The highest BCUT2D eigenvalue weighted by molar-refractivity contribution is 7.13. The predicted molar refractivity (Wildman–Crippen MR) is 114 cm³/mol. The van der Waals surface area contributed by atoms with Gasteiger partial charge in [0.15, 0.2) is 16.6 Å². The number of nitrogens with one attached hydrogen (secondary N) is 3. The molecule has 3 N–H and O–H groups in total. The number of hydrazine groups is 1. The molecule has 3 amide bonds. The van der Waals surface area contributed by atoms with Crippen molar-refractivity contribution in [1.82, 2.24) is 15.8 Å². The fourth-order valence-electron chi connectivity index (χ4n) is 2.26. The average molecular weight is 435 g/mol. The van der Waals surface area contributed by atoms with Gasteiger partial charge in [0, 0.05) is 16.9 Å². The van der Waals surface area contributed by atoms with E-state index in [0.29, 0.717) is 27.9 Å². The van der Waals surface area contributed by atoms with Crippen molar-refractivity contribution in [2.75, 3.05) is 12.4 Å². The van der Waals surface area contributed by atoms with Gasteiger partial charge in [-0.2, -0.15) is 0 Å². The van der Waals surface area contributed by atoms with E-state index >= 15 is 0 Å². The molecule has 0 spiro atoms. The molecule has 0 atom stereocenters. The van der Waals surface area contributed by atoms with Crippen molar-refractivity contribution in [1.29, 1.82) is 0 Å². The Morgan fingerprint density at radius 2 is 1.83 bits per heavy atom. The van der Waals surface area contributed by atoms with Gasteiger partial charge in [-0.05, 0) is 32.0 Å². The van der Waals surface area contributed by atoms with E-state index in [4.69, 9.17) is 9.47 Å². The van der Waals surface area contributed by atoms with Crippen LogP contribution in [0.5, 0.6) is 11.5 Å². The van der Waals surface area contributed by atoms with Gasteiger partial charge < -0.3 is 14.8 Å².